The number of rotatable bonds is 4. The second-order valence-corrected chi connectivity index (χ2v) is 5.92. The zero-order chi connectivity index (χ0) is 11.7. The van der Waals surface area contributed by atoms with Crippen LogP contribution in [0.1, 0.15) is 52.9 Å². The lowest BCUT2D eigenvalue weighted by atomic mass is 9.84. The van der Waals surface area contributed by atoms with Crippen molar-refractivity contribution in [2.75, 3.05) is 0 Å². The summed E-state index contributed by atoms with van der Waals surface area (Å²) in [5.74, 6) is 2.35. The minimum Gasteiger partial charge on any atom is -0.462 e. The quantitative estimate of drug-likeness (QED) is 0.684. The molecule has 2 saturated carbocycles. The average molecular weight is 224 g/mol. The fourth-order valence-electron chi connectivity index (χ4n) is 3.55. The van der Waals surface area contributed by atoms with E-state index in [0.717, 1.165) is 18.3 Å². The molecule has 0 heterocycles. The number of carbonyl (C=O) groups is 1. The van der Waals surface area contributed by atoms with Gasteiger partial charge in [0.1, 0.15) is 6.10 Å². The predicted molar refractivity (Wildman–Crippen MR) is 63.9 cm³/mol. The third kappa shape index (κ3) is 2.26. The molecule has 0 spiro atoms. The lowest BCUT2D eigenvalue weighted by Gasteiger charge is -2.29. The largest absolute Gasteiger partial charge is 0.462 e. The molecule has 0 radical (unpaired) electrons. The van der Waals surface area contributed by atoms with Crippen molar-refractivity contribution in [2.24, 2.45) is 23.7 Å². The topological polar surface area (TPSA) is 26.3 Å². The van der Waals surface area contributed by atoms with Crippen molar-refractivity contribution in [1.29, 1.82) is 0 Å². The molecule has 4 atom stereocenters. The standard InChI is InChI=1S/C14H24O2/c1-4-5-11-6-10-7-12(11)13(8-10)16-14(15)9(2)3/h9-13H,4-8H2,1-3H3/t10?,11?,12?,13-/m0/s1. The fourth-order valence-corrected chi connectivity index (χ4v) is 3.55. The molecule has 0 aromatic rings. The second-order valence-electron chi connectivity index (χ2n) is 5.92. The van der Waals surface area contributed by atoms with E-state index in [1.165, 1.54) is 25.7 Å². The van der Waals surface area contributed by atoms with Crippen molar-refractivity contribution < 1.29 is 9.53 Å². The van der Waals surface area contributed by atoms with Gasteiger partial charge in [0.05, 0.1) is 5.92 Å². The Hall–Kier alpha value is -0.530. The van der Waals surface area contributed by atoms with Crippen LogP contribution in [-0.4, -0.2) is 12.1 Å². The van der Waals surface area contributed by atoms with Gasteiger partial charge in [0.2, 0.25) is 0 Å². The highest BCUT2D eigenvalue weighted by atomic mass is 16.5. The molecule has 2 aliphatic carbocycles. The van der Waals surface area contributed by atoms with Gasteiger partial charge < -0.3 is 4.74 Å². The van der Waals surface area contributed by atoms with E-state index >= 15 is 0 Å². The molecule has 0 aromatic heterocycles. The molecule has 0 N–H and O–H groups in total. The van der Waals surface area contributed by atoms with E-state index in [4.69, 9.17) is 4.74 Å². The van der Waals surface area contributed by atoms with Gasteiger partial charge in [-0.05, 0) is 37.0 Å². The normalized spacial score (nSPS) is 37.0. The summed E-state index contributed by atoms with van der Waals surface area (Å²) in [7, 11) is 0. The molecule has 3 unspecified atom stereocenters. The first kappa shape index (κ1) is 11.9. The predicted octanol–water partition coefficient (Wildman–Crippen LogP) is 3.40. The summed E-state index contributed by atoms with van der Waals surface area (Å²) in [6, 6.07) is 0. The Morgan fingerprint density at radius 2 is 2.06 bits per heavy atom. The van der Waals surface area contributed by atoms with E-state index in [0.29, 0.717) is 5.92 Å². The lowest BCUT2D eigenvalue weighted by molar-refractivity contribution is -0.156. The summed E-state index contributed by atoms with van der Waals surface area (Å²) in [5, 5.41) is 0. The van der Waals surface area contributed by atoms with Crippen LogP contribution >= 0.6 is 0 Å². The molecule has 2 heteroatoms. The van der Waals surface area contributed by atoms with Crippen LogP contribution < -0.4 is 0 Å². The summed E-state index contributed by atoms with van der Waals surface area (Å²) in [5.41, 5.74) is 0. The number of hydrogen-bond acceptors (Lipinski definition) is 2. The first-order valence-electron chi connectivity index (χ1n) is 6.82. The SMILES string of the molecule is CCCC1CC2CC1[C@@H](OC(=O)C(C)C)C2. The van der Waals surface area contributed by atoms with Crippen molar-refractivity contribution in [3.63, 3.8) is 0 Å². The fraction of sp³-hybridized carbons (Fsp3) is 0.929. The first-order chi connectivity index (χ1) is 7.61. The van der Waals surface area contributed by atoms with Crippen LogP contribution in [-0.2, 0) is 9.53 Å². The minimum atomic E-state index is -0.00667. The molecule has 2 rings (SSSR count). The monoisotopic (exact) mass is 224 g/mol. The number of ether oxygens (including phenoxy) is 1. The Balaban J connectivity index is 1.90. The summed E-state index contributed by atoms with van der Waals surface area (Å²) < 4.78 is 5.64. The number of carbonyl (C=O) groups excluding carboxylic acids is 1. The van der Waals surface area contributed by atoms with E-state index in [1.807, 2.05) is 13.8 Å². The van der Waals surface area contributed by atoms with E-state index in [-0.39, 0.29) is 18.0 Å². The van der Waals surface area contributed by atoms with Crippen LogP contribution in [0.2, 0.25) is 0 Å². The van der Waals surface area contributed by atoms with Gasteiger partial charge in [-0.25, -0.2) is 0 Å². The van der Waals surface area contributed by atoms with Gasteiger partial charge in [0, 0.05) is 0 Å². The number of hydrogen-bond donors (Lipinski definition) is 0. The molecule has 0 amide bonds. The maximum Gasteiger partial charge on any atom is 0.308 e. The molecular formula is C14H24O2. The van der Waals surface area contributed by atoms with Crippen LogP contribution in [0.25, 0.3) is 0 Å². The lowest BCUT2D eigenvalue weighted by Crippen LogP contribution is -2.30. The van der Waals surface area contributed by atoms with Gasteiger partial charge in [-0.1, -0.05) is 33.6 Å². The molecular weight excluding hydrogens is 200 g/mol. The molecule has 0 aromatic carbocycles. The van der Waals surface area contributed by atoms with E-state index < -0.39 is 0 Å². The summed E-state index contributed by atoms with van der Waals surface area (Å²) in [6.45, 7) is 6.08. The second kappa shape index (κ2) is 4.77. The van der Waals surface area contributed by atoms with Crippen molar-refractivity contribution in [2.45, 2.75) is 59.0 Å². The molecule has 2 fully saturated rings. The van der Waals surface area contributed by atoms with Gasteiger partial charge >= 0.3 is 5.97 Å². The zero-order valence-corrected chi connectivity index (χ0v) is 10.7. The highest BCUT2D eigenvalue weighted by Gasteiger charge is 2.47. The first-order valence-corrected chi connectivity index (χ1v) is 6.82. The van der Waals surface area contributed by atoms with E-state index in [9.17, 15) is 4.79 Å². The number of fused-ring (bicyclic) bond motifs is 2. The highest BCUT2D eigenvalue weighted by Crippen LogP contribution is 2.51. The van der Waals surface area contributed by atoms with Gasteiger partial charge in [0.15, 0.2) is 0 Å². The zero-order valence-electron chi connectivity index (χ0n) is 10.7. The Kier molecular flexibility index (Phi) is 3.56. The summed E-state index contributed by atoms with van der Waals surface area (Å²) in [4.78, 5) is 11.6. The van der Waals surface area contributed by atoms with Gasteiger partial charge in [0.25, 0.3) is 0 Å². The van der Waals surface area contributed by atoms with Gasteiger partial charge in [-0.3, -0.25) is 4.79 Å². The van der Waals surface area contributed by atoms with E-state index in [1.54, 1.807) is 0 Å². The Morgan fingerprint density at radius 1 is 1.31 bits per heavy atom. The molecule has 0 aliphatic heterocycles. The highest BCUT2D eigenvalue weighted by molar-refractivity contribution is 5.71. The van der Waals surface area contributed by atoms with Crippen LogP contribution in [0.15, 0.2) is 0 Å². The molecule has 92 valence electrons. The van der Waals surface area contributed by atoms with Gasteiger partial charge in [-0.2, -0.15) is 0 Å². The third-order valence-corrected chi connectivity index (χ3v) is 4.29. The Labute approximate surface area is 98.7 Å². The van der Waals surface area contributed by atoms with Gasteiger partial charge in [-0.15, -0.1) is 0 Å². The Bertz CT molecular complexity index is 259. The van der Waals surface area contributed by atoms with E-state index in [2.05, 4.69) is 6.92 Å². The maximum atomic E-state index is 11.6. The number of esters is 1. The average Bonchev–Trinajstić information content (AvgIpc) is 2.77. The third-order valence-electron chi connectivity index (χ3n) is 4.29. The Morgan fingerprint density at radius 3 is 2.62 bits per heavy atom. The van der Waals surface area contributed by atoms with Crippen LogP contribution in [0.4, 0.5) is 0 Å². The smallest absolute Gasteiger partial charge is 0.308 e. The summed E-state index contributed by atoms with van der Waals surface area (Å²) in [6.07, 6.45) is 6.64. The van der Waals surface area contributed by atoms with Crippen LogP contribution in [0.5, 0.6) is 0 Å². The summed E-state index contributed by atoms with van der Waals surface area (Å²) >= 11 is 0. The van der Waals surface area contributed by atoms with Crippen molar-refractivity contribution >= 4 is 5.97 Å². The van der Waals surface area contributed by atoms with Crippen molar-refractivity contribution in [1.82, 2.24) is 0 Å². The van der Waals surface area contributed by atoms with Crippen molar-refractivity contribution in [3.05, 3.63) is 0 Å². The maximum absolute atomic E-state index is 11.6. The molecule has 2 bridgehead atoms. The van der Waals surface area contributed by atoms with Crippen LogP contribution in [0.3, 0.4) is 0 Å². The molecule has 2 nitrogen and oxygen atoms in total. The molecule has 16 heavy (non-hydrogen) atoms. The molecule has 0 saturated heterocycles. The van der Waals surface area contributed by atoms with Crippen molar-refractivity contribution in [3.8, 4) is 0 Å². The minimum absolute atomic E-state index is 0.00667. The van der Waals surface area contributed by atoms with Crippen LogP contribution in [0, 0.1) is 23.7 Å². The molecule has 2 aliphatic rings.